The van der Waals surface area contributed by atoms with Crippen LogP contribution in [0.2, 0.25) is 0 Å². The lowest BCUT2D eigenvalue weighted by molar-refractivity contribution is -0.141. The van der Waals surface area contributed by atoms with Crippen LogP contribution in [0.15, 0.2) is 39.9 Å². The van der Waals surface area contributed by atoms with Crippen molar-refractivity contribution in [3.05, 3.63) is 68.0 Å². The van der Waals surface area contributed by atoms with Gasteiger partial charge in [0.1, 0.15) is 6.73 Å². The van der Waals surface area contributed by atoms with Gasteiger partial charge in [0, 0.05) is 31.0 Å². The zero-order chi connectivity index (χ0) is 19.8. The number of ether oxygens (including phenoxy) is 2. The van der Waals surface area contributed by atoms with Crippen LogP contribution in [0.3, 0.4) is 0 Å². The van der Waals surface area contributed by atoms with E-state index in [4.69, 9.17) is 9.47 Å². The molecule has 0 atom stereocenters. The molecule has 1 N–H and O–H groups in total. The molecule has 2 rings (SSSR count). The van der Waals surface area contributed by atoms with Crippen LogP contribution in [0, 0.1) is 0 Å². The quantitative estimate of drug-likeness (QED) is 0.537. The molecule has 0 spiro atoms. The zero-order valence-corrected chi connectivity index (χ0v) is 16.0. The number of H-pyrrole nitrogens is 1. The van der Waals surface area contributed by atoms with Gasteiger partial charge in [-0.3, -0.25) is 19.1 Å². The van der Waals surface area contributed by atoms with E-state index in [0.717, 1.165) is 5.56 Å². The van der Waals surface area contributed by atoms with Crippen molar-refractivity contribution in [3.8, 4) is 0 Å². The number of hydrogen-bond acceptors (Lipinski definition) is 5. The molecule has 146 valence electrons. The maximum absolute atomic E-state index is 12.4. The highest BCUT2D eigenvalue weighted by atomic mass is 16.5. The van der Waals surface area contributed by atoms with Crippen molar-refractivity contribution in [2.45, 2.75) is 46.3 Å². The number of rotatable bonds is 9. The summed E-state index contributed by atoms with van der Waals surface area (Å²) in [6.45, 7) is 5.83. The van der Waals surface area contributed by atoms with Crippen molar-refractivity contribution >= 4 is 5.97 Å². The van der Waals surface area contributed by atoms with Gasteiger partial charge in [0.2, 0.25) is 0 Å². The molecular formula is C20H26N2O5. The lowest BCUT2D eigenvalue weighted by Crippen LogP contribution is -2.36. The van der Waals surface area contributed by atoms with Gasteiger partial charge in [0.05, 0.1) is 13.2 Å². The van der Waals surface area contributed by atoms with Gasteiger partial charge in [-0.05, 0) is 11.5 Å². The predicted octanol–water partition coefficient (Wildman–Crippen LogP) is 2.18. The zero-order valence-electron chi connectivity index (χ0n) is 16.0. The fraction of sp³-hybridized carbons (Fsp3) is 0.450. The van der Waals surface area contributed by atoms with Gasteiger partial charge in [-0.15, -0.1) is 0 Å². The van der Waals surface area contributed by atoms with Crippen LogP contribution in [0.1, 0.15) is 49.9 Å². The minimum Gasteiger partial charge on any atom is -0.466 e. The first kappa shape index (κ1) is 20.6. The second-order valence-electron chi connectivity index (χ2n) is 6.60. The first-order valence-electron chi connectivity index (χ1n) is 9.01. The Balaban J connectivity index is 2.24. The summed E-state index contributed by atoms with van der Waals surface area (Å²) in [5.74, 6) is -0.373. The van der Waals surface area contributed by atoms with Crippen LogP contribution >= 0.6 is 0 Å². The van der Waals surface area contributed by atoms with Crippen LogP contribution < -0.4 is 11.2 Å². The molecule has 7 nitrogen and oxygen atoms in total. The van der Waals surface area contributed by atoms with E-state index in [1.54, 1.807) is 0 Å². The van der Waals surface area contributed by atoms with E-state index in [-0.39, 0.29) is 30.8 Å². The maximum Gasteiger partial charge on any atom is 0.330 e. The van der Waals surface area contributed by atoms with Crippen molar-refractivity contribution in [3.63, 3.8) is 0 Å². The molecule has 1 aromatic carbocycles. The molecule has 1 aromatic heterocycles. The Morgan fingerprint density at radius 2 is 1.85 bits per heavy atom. The summed E-state index contributed by atoms with van der Waals surface area (Å²) in [6.07, 6.45) is 0.993. The van der Waals surface area contributed by atoms with Crippen LogP contribution in [0.4, 0.5) is 0 Å². The average Bonchev–Trinajstić information content (AvgIpc) is 2.60. The van der Waals surface area contributed by atoms with Crippen LogP contribution in [-0.4, -0.2) is 28.7 Å². The topological polar surface area (TPSA) is 90.4 Å². The molecule has 27 heavy (non-hydrogen) atoms. The molecule has 0 amide bonds. The van der Waals surface area contributed by atoms with Crippen LogP contribution in [0.25, 0.3) is 0 Å². The fourth-order valence-corrected chi connectivity index (χ4v) is 2.88. The summed E-state index contributed by atoms with van der Waals surface area (Å²) in [5.41, 5.74) is 1.40. The molecule has 0 aliphatic heterocycles. The van der Waals surface area contributed by atoms with Crippen molar-refractivity contribution in [1.82, 2.24) is 9.55 Å². The number of benzene rings is 1. The summed E-state index contributed by atoms with van der Waals surface area (Å²) in [6, 6.07) is 9.68. The smallest absolute Gasteiger partial charge is 0.330 e. The van der Waals surface area contributed by atoms with Crippen LogP contribution in [0.5, 0.6) is 0 Å². The van der Waals surface area contributed by atoms with Crippen LogP contribution in [-0.2, 0) is 27.4 Å². The standard InChI is InChI=1S/C20H26N2O5/c1-14(2)18-17(12-16-8-5-4-6-9-16)22(20(25)21-19(18)24)13-26-10-7-11-27-15(3)23/h4-6,8-9,14H,7,10-13H2,1-3H3,(H,21,24,25). The number of nitrogens with one attached hydrogen (secondary N) is 1. The van der Waals surface area contributed by atoms with E-state index >= 15 is 0 Å². The summed E-state index contributed by atoms with van der Waals surface area (Å²) in [4.78, 5) is 37.9. The third-order valence-electron chi connectivity index (χ3n) is 4.10. The highest BCUT2D eigenvalue weighted by Crippen LogP contribution is 2.18. The summed E-state index contributed by atoms with van der Waals surface area (Å²) in [7, 11) is 0. The van der Waals surface area contributed by atoms with Gasteiger partial charge in [-0.2, -0.15) is 0 Å². The van der Waals surface area contributed by atoms with Gasteiger partial charge in [-0.1, -0.05) is 44.2 Å². The maximum atomic E-state index is 12.4. The van der Waals surface area contributed by atoms with Gasteiger partial charge >= 0.3 is 11.7 Å². The molecule has 0 unspecified atom stereocenters. The Hall–Kier alpha value is -2.67. The highest BCUT2D eigenvalue weighted by Gasteiger charge is 2.18. The predicted molar refractivity (Wildman–Crippen MR) is 102 cm³/mol. The Labute approximate surface area is 157 Å². The van der Waals surface area contributed by atoms with E-state index in [9.17, 15) is 14.4 Å². The Morgan fingerprint density at radius 3 is 2.48 bits per heavy atom. The molecule has 0 bridgehead atoms. The van der Waals surface area contributed by atoms with E-state index < -0.39 is 5.69 Å². The molecule has 0 saturated heterocycles. The van der Waals surface area contributed by atoms with Gasteiger partial charge in [0.15, 0.2) is 0 Å². The monoisotopic (exact) mass is 374 g/mol. The third-order valence-corrected chi connectivity index (χ3v) is 4.10. The summed E-state index contributed by atoms with van der Waals surface area (Å²) in [5, 5.41) is 0. The van der Waals surface area contributed by atoms with Crippen molar-refractivity contribution in [2.24, 2.45) is 0 Å². The van der Waals surface area contributed by atoms with Gasteiger partial charge in [0.25, 0.3) is 5.56 Å². The summed E-state index contributed by atoms with van der Waals surface area (Å²) >= 11 is 0. The number of nitrogens with zero attached hydrogens (tertiary/aromatic N) is 1. The van der Waals surface area contributed by atoms with Crippen molar-refractivity contribution in [1.29, 1.82) is 0 Å². The van der Waals surface area contributed by atoms with E-state index in [1.807, 2.05) is 44.2 Å². The Kier molecular flexibility index (Phi) is 7.55. The van der Waals surface area contributed by atoms with E-state index in [0.29, 0.717) is 30.7 Å². The Bertz CT molecular complexity index is 868. The molecular weight excluding hydrogens is 348 g/mol. The second kappa shape index (κ2) is 9.87. The normalized spacial score (nSPS) is 11.0. The molecule has 0 fully saturated rings. The first-order chi connectivity index (χ1) is 12.9. The lowest BCUT2D eigenvalue weighted by Gasteiger charge is -2.18. The molecule has 1 heterocycles. The number of carbonyl (C=O) groups is 1. The highest BCUT2D eigenvalue weighted by molar-refractivity contribution is 5.65. The number of aromatic amines is 1. The van der Waals surface area contributed by atoms with E-state index in [1.165, 1.54) is 11.5 Å². The van der Waals surface area contributed by atoms with Gasteiger partial charge in [-0.25, -0.2) is 4.79 Å². The largest absolute Gasteiger partial charge is 0.466 e. The molecule has 2 aromatic rings. The number of aromatic nitrogens is 2. The number of carbonyl (C=O) groups excluding carboxylic acids is 1. The lowest BCUT2D eigenvalue weighted by atomic mass is 9.98. The SMILES string of the molecule is CC(=O)OCCCOCn1c(Cc2ccccc2)c(C(C)C)c(=O)[nH]c1=O. The molecule has 0 aliphatic carbocycles. The minimum atomic E-state index is -0.490. The first-order valence-corrected chi connectivity index (χ1v) is 9.01. The van der Waals surface area contributed by atoms with Crippen molar-refractivity contribution < 1.29 is 14.3 Å². The molecule has 0 aliphatic rings. The number of esters is 1. The molecule has 7 heteroatoms. The second-order valence-corrected chi connectivity index (χ2v) is 6.60. The molecule has 0 saturated carbocycles. The van der Waals surface area contributed by atoms with Gasteiger partial charge < -0.3 is 9.47 Å². The van der Waals surface area contributed by atoms with E-state index in [2.05, 4.69) is 4.98 Å². The number of hydrogen-bond donors (Lipinski definition) is 1. The average molecular weight is 374 g/mol. The molecule has 0 radical (unpaired) electrons. The fourth-order valence-electron chi connectivity index (χ4n) is 2.88. The summed E-state index contributed by atoms with van der Waals surface area (Å²) < 4.78 is 11.9. The minimum absolute atomic E-state index is 0.0254. The third kappa shape index (κ3) is 5.92. The Morgan fingerprint density at radius 1 is 1.15 bits per heavy atom. The van der Waals surface area contributed by atoms with Crippen molar-refractivity contribution in [2.75, 3.05) is 13.2 Å².